The lowest BCUT2D eigenvalue weighted by Gasteiger charge is -2.44. The van der Waals surface area contributed by atoms with Gasteiger partial charge in [0.1, 0.15) is 11.2 Å². The molecular formula is C25H36N4O3. The van der Waals surface area contributed by atoms with E-state index in [0.29, 0.717) is 42.9 Å². The quantitative estimate of drug-likeness (QED) is 0.650. The molecule has 7 heteroatoms. The number of nitrogens with zero attached hydrogens (tertiary/aromatic N) is 2. The first-order valence-electron chi connectivity index (χ1n) is 11.5. The van der Waals surface area contributed by atoms with Gasteiger partial charge in [0.15, 0.2) is 0 Å². The number of fused-ring (bicyclic) bond motifs is 3. The van der Waals surface area contributed by atoms with Crippen LogP contribution >= 0.6 is 0 Å². The Balaban J connectivity index is 2.10. The molecule has 2 N–H and O–H groups in total. The lowest BCUT2D eigenvalue weighted by molar-refractivity contribution is -0.133. The minimum absolute atomic E-state index is 0.139. The average molecular weight is 441 g/mol. The van der Waals surface area contributed by atoms with Gasteiger partial charge in [-0.3, -0.25) is 14.4 Å². The van der Waals surface area contributed by atoms with Gasteiger partial charge < -0.3 is 20.1 Å². The van der Waals surface area contributed by atoms with Crippen LogP contribution in [0.1, 0.15) is 64.9 Å². The fraction of sp³-hybridized carbons (Fsp3) is 0.560. The summed E-state index contributed by atoms with van der Waals surface area (Å²) in [5.41, 5.74) is 0.780. The fourth-order valence-electron chi connectivity index (χ4n) is 4.33. The van der Waals surface area contributed by atoms with E-state index in [2.05, 4.69) is 38.3 Å². The normalized spacial score (nSPS) is 18.4. The maximum Gasteiger partial charge on any atom is 0.273 e. The molecule has 174 valence electrons. The Hall–Kier alpha value is -2.83. The van der Waals surface area contributed by atoms with E-state index in [-0.39, 0.29) is 17.7 Å². The van der Waals surface area contributed by atoms with Crippen molar-refractivity contribution in [3.8, 4) is 0 Å². The Labute approximate surface area is 190 Å². The molecule has 2 aromatic rings. The van der Waals surface area contributed by atoms with Crippen LogP contribution in [0.4, 0.5) is 5.69 Å². The average Bonchev–Trinajstić information content (AvgIpc) is 3.00. The SMILES string of the molecule is CC(=O)Nc1c2n(c3ccccc13)C[C@@](C)(C(=O)NCCC(C)C)N(CCC(C)C)C2=O. The van der Waals surface area contributed by atoms with Crippen molar-refractivity contribution >= 4 is 34.3 Å². The Kier molecular flexibility index (Phi) is 6.96. The van der Waals surface area contributed by atoms with E-state index in [9.17, 15) is 14.4 Å². The monoisotopic (exact) mass is 440 g/mol. The van der Waals surface area contributed by atoms with Crippen molar-refractivity contribution in [3.63, 3.8) is 0 Å². The minimum Gasteiger partial charge on any atom is -0.354 e. The number of para-hydroxylation sites is 1. The summed E-state index contributed by atoms with van der Waals surface area (Å²) < 4.78 is 1.90. The van der Waals surface area contributed by atoms with Crippen LogP contribution in [0.25, 0.3) is 10.9 Å². The largest absolute Gasteiger partial charge is 0.354 e. The number of rotatable bonds is 8. The highest BCUT2D eigenvalue weighted by molar-refractivity contribution is 6.14. The third kappa shape index (κ3) is 4.52. The second kappa shape index (κ2) is 9.35. The Morgan fingerprint density at radius 1 is 1.09 bits per heavy atom. The summed E-state index contributed by atoms with van der Waals surface area (Å²) in [5, 5.41) is 6.74. The van der Waals surface area contributed by atoms with E-state index in [1.54, 1.807) is 4.90 Å². The Bertz CT molecular complexity index is 1020. The Morgan fingerprint density at radius 3 is 2.38 bits per heavy atom. The van der Waals surface area contributed by atoms with Gasteiger partial charge in [-0.05, 0) is 37.7 Å². The molecule has 7 nitrogen and oxygen atoms in total. The molecule has 1 atom stereocenters. The van der Waals surface area contributed by atoms with Crippen molar-refractivity contribution in [2.45, 2.75) is 66.5 Å². The van der Waals surface area contributed by atoms with Crippen LogP contribution in [-0.2, 0) is 16.1 Å². The molecule has 0 fully saturated rings. The molecule has 0 aliphatic carbocycles. The lowest BCUT2D eigenvalue weighted by atomic mass is 9.93. The van der Waals surface area contributed by atoms with E-state index in [4.69, 9.17) is 0 Å². The van der Waals surface area contributed by atoms with Gasteiger partial charge in [0.05, 0.1) is 17.7 Å². The molecule has 0 radical (unpaired) electrons. The maximum absolute atomic E-state index is 13.9. The molecule has 1 aliphatic rings. The van der Waals surface area contributed by atoms with Crippen LogP contribution in [0.15, 0.2) is 24.3 Å². The zero-order valence-electron chi connectivity index (χ0n) is 20.1. The first-order valence-corrected chi connectivity index (χ1v) is 11.5. The Morgan fingerprint density at radius 2 is 1.75 bits per heavy atom. The molecule has 1 aromatic carbocycles. The van der Waals surface area contributed by atoms with Crippen molar-refractivity contribution in [1.82, 2.24) is 14.8 Å². The number of carbonyl (C=O) groups is 3. The number of carbonyl (C=O) groups excluding carboxylic acids is 3. The number of aromatic nitrogens is 1. The summed E-state index contributed by atoms with van der Waals surface area (Å²) in [7, 11) is 0. The number of amides is 3. The smallest absolute Gasteiger partial charge is 0.273 e. The van der Waals surface area contributed by atoms with Gasteiger partial charge in [-0.25, -0.2) is 0 Å². The molecule has 1 aromatic heterocycles. The number of benzene rings is 1. The fourth-order valence-corrected chi connectivity index (χ4v) is 4.33. The van der Waals surface area contributed by atoms with E-state index in [1.165, 1.54) is 6.92 Å². The van der Waals surface area contributed by atoms with Crippen LogP contribution < -0.4 is 10.6 Å². The predicted molar refractivity (Wildman–Crippen MR) is 128 cm³/mol. The first-order chi connectivity index (χ1) is 15.1. The van der Waals surface area contributed by atoms with Gasteiger partial charge in [-0.1, -0.05) is 45.9 Å². The number of nitrogens with one attached hydrogen (secondary N) is 2. The second-order valence-electron chi connectivity index (χ2n) is 9.86. The van der Waals surface area contributed by atoms with Gasteiger partial charge in [0, 0.05) is 25.4 Å². The topological polar surface area (TPSA) is 83.4 Å². The lowest BCUT2D eigenvalue weighted by Crippen LogP contribution is -2.64. The zero-order chi connectivity index (χ0) is 23.6. The van der Waals surface area contributed by atoms with E-state index in [0.717, 1.165) is 23.7 Å². The molecule has 32 heavy (non-hydrogen) atoms. The number of hydrogen-bond donors (Lipinski definition) is 2. The molecule has 2 heterocycles. The minimum atomic E-state index is -1.02. The summed E-state index contributed by atoms with van der Waals surface area (Å²) in [4.78, 5) is 41.0. The molecule has 3 amide bonds. The van der Waals surface area contributed by atoms with Gasteiger partial charge in [-0.2, -0.15) is 0 Å². The van der Waals surface area contributed by atoms with Crippen LogP contribution in [0.2, 0.25) is 0 Å². The summed E-state index contributed by atoms with van der Waals surface area (Å²) in [5.74, 6) is 0.274. The summed E-state index contributed by atoms with van der Waals surface area (Å²) in [6, 6.07) is 7.62. The number of hydrogen-bond acceptors (Lipinski definition) is 3. The zero-order valence-corrected chi connectivity index (χ0v) is 20.1. The van der Waals surface area contributed by atoms with Crippen LogP contribution in [0, 0.1) is 11.8 Å². The number of anilines is 1. The van der Waals surface area contributed by atoms with Crippen molar-refractivity contribution in [1.29, 1.82) is 0 Å². The van der Waals surface area contributed by atoms with Gasteiger partial charge in [0.25, 0.3) is 5.91 Å². The third-order valence-electron chi connectivity index (χ3n) is 6.21. The second-order valence-corrected chi connectivity index (χ2v) is 9.86. The molecule has 0 unspecified atom stereocenters. The summed E-state index contributed by atoms with van der Waals surface area (Å²) >= 11 is 0. The summed E-state index contributed by atoms with van der Waals surface area (Å²) in [6.45, 7) is 13.1. The third-order valence-corrected chi connectivity index (χ3v) is 6.21. The van der Waals surface area contributed by atoms with Gasteiger partial charge in [-0.15, -0.1) is 0 Å². The summed E-state index contributed by atoms with van der Waals surface area (Å²) in [6.07, 6.45) is 1.67. The molecular weight excluding hydrogens is 404 g/mol. The molecule has 3 rings (SSSR count). The van der Waals surface area contributed by atoms with Crippen molar-refractivity contribution in [3.05, 3.63) is 30.0 Å². The first kappa shape index (κ1) is 23.8. The van der Waals surface area contributed by atoms with Crippen LogP contribution in [0.3, 0.4) is 0 Å². The van der Waals surface area contributed by atoms with Crippen LogP contribution in [0.5, 0.6) is 0 Å². The molecule has 0 spiro atoms. The standard InChI is InChI=1S/C25H36N4O3/c1-16(2)11-13-26-24(32)25(6)15-28-20-10-8-7-9-19(20)21(27-18(5)30)22(28)23(31)29(25)14-12-17(3)4/h7-10,16-17H,11-15H2,1-6H3,(H,26,32)(H,27,30)/t25-/m0/s1. The van der Waals surface area contributed by atoms with E-state index >= 15 is 0 Å². The molecule has 1 aliphatic heterocycles. The van der Waals surface area contributed by atoms with E-state index in [1.807, 2.05) is 35.8 Å². The molecule has 0 bridgehead atoms. The highest BCUT2D eigenvalue weighted by Crippen LogP contribution is 2.38. The van der Waals surface area contributed by atoms with Crippen molar-refractivity contribution in [2.75, 3.05) is 18.4 Å². The highest BCUT2D eigenvalue weighted by Gasteiger charge is 2.48. The van der Waals surface area contributed by atoms with Gasteiger partial charge in [0.2, 0.25) is 11.8 Å². The highest BCUT2D eigenvalue weighted by atomic mass is 16.2. The van der Waals surface area contributed by atoms with Gasteiger partial charge >= 0.3 is 0 Å². The molecule has 0 saturated carbocycles. The van der Waals surface area contributed by atoms with Crippen LogP contribution in [-0.4, -0.2) is 45.8 Å². The predicted octanol–water partition coefficient (Wildman–Crippen LogP) is 4.02. The van der Waals surface area contributed by atoms with E-state index < -0.39 is 5.54 Å². The van der Waals surface area contributed by atoms with Crippen molar-refractivity contribution in [2.24, 2.45) is 11.8 Å². The maximum atomic E-state index is 13.9. The van der Waals surface area contributed by atoms with Crippen molar-refractivity contribution < 1.29 is 14.4 Å². The molecule has 0 saturated heterocycles.